The lowest BCUT2D eigenvalue weighted by Crippen LogP contribution is -2.30. The Kier molecular flexibility index (Phi) is 10.2. The average molecular weight is 397 g/mol. The number of esters is 2. The molecular weight excluding hydrogens is 370 g/mol. The number of carbonyl (C=O) groups is 3. The lowest BCUT2D eigenvalue weighted by molar-refractivity contribution is -0.147. The Bertz CT molecular complexity index is 649. The SMILES string of the molecule is CCOC(=O)CCCNC(=O)COC(=O)Cc1cc(OC)c(OC)c(OC)c1. The van der Waals surface area contributed by atoms with Crippen LogP contribution in [0.3, 0.4) is 0 Å². The van der Waals surface area contributed by atoms with E-state index in [-0.39, 0.29) is 18.8 Å². The quantitative estimate of drug-likeness (QED) is 0.415. The molecule has 0 aromatic heterocycles. The first kappa shape index (κ1) is 23.1. The van der Waals surface area contributed by atoms with E-state index in [4.69, 9.17) is 23.7 Å². The molecule has 0 aliphatic heterocycles. The van der Waals surface area contributed by atoms with Crippen LogP contribution in [0.2, 0.25) is 0 Å². The van der Waals surface area contributed by atoms with Crippen LogP contribution in [-0.2, 0) is 30.3 Å². The molecule has 0 radical (unpaired) electrons. The van der Waals surface area contributed by atoms with Crippen LogP contribution < -0.4 is 19.5 Å². The molecule has 156 valence electrons. The van der Waals surface area contributed by atoms with Crippen LogP contribution in [0.1, 0.15) is 25.3 Å². The van der Waals surface area contributed by atoms with Gasteiger partial charge in [0, 0.05) is 13.0 Å². The van der Waals surface area contributed by atoms with Gasteiger partial charge in [0.25, 0.3) is 5.91 Å². The molecule has 1 aromatic carbocycles. The summed E-state index contributed by atoms with van der Waals surface area (Å²) in [5.74, 6) is -0.0659. The number of nitrogens with one attached hydrogen (secondary N) is 1. The molecule has 0 bridgehead atoms. The topological polar surface area (TPSA) is 109 Å². The van der Waals surface area contributed by atoms with E-state index in [1.165, 1.54) is 21.3 Å². The van der Waals surface area contributed by atoms with Crippen molar-refractivity contribution in [2.45, 2.75) is 26.2 Å². The van der Waals surface area contributed by atoms with Gasteiger partial charge in [0.05, 0.1) is 34.4 Å². The van der Waals surface area contributed by atoms with Crippen molar-refractivity contribution in [2.75, 3.05) is 41.1 Å². The van der Waals surface area contributed by atoms with Gasteiger partial charge in [-0.1, -0.05) is 0 Å². The normalized spacial score (nSPS) is 10.0. The maximum absolute atomic E-state index is 12.0. The fraction of sp³-hybridized carbons (Fsp3) is 0.526. The molecular formula is C19H27NO8. The van der Waals surface area contributed by atoms with Crippen molar-refractivity contribution in [3.63, 3.8) is 0 Å². The minimum absolute atomic E-state index is 0.0626. The lowest BCUT2D eigenvalue weighted by atomic mass is 10.1. The molecule has 0 atom stereocenters. The number of amides is 1. The number of hydrogen-bond donors (Lipinski definition) is 1. The largest absolute Gasteiger partial charge is 0.493 e. The molecule has 9 nitrogen and oxygen atoms in total. The average Bonchev–Trinajstić information content (AvgIpc) is 2.69. The molecule has 0 saturated heterocycles. The van der Waals surface area contributed by atoms with Gasteiger partial charge in [-0.15, -0.1) is 0 Å². The van der Waals surface area contributed by atoms with Crippen molar-refractivity contribution < 1.29 is 38.1 Å². The number of carbonyl (C=O) groups excluding carboxylic acids is 3. The third-order valence-corrected chi connectivity index (χ3v) is 3.62. The van der Waals surface area contributed by atoms with Crippen LogP contribution >= 0.6 is 0 Å². The van der Waals surface area contributed by atoms with Gasteiger partial charge in [0.2, 0.25) is 5.75 Å². The number of methoxy groups -OCH3 is 3. The van der Waals surface area contributed by atoms with Gasteiger partial charge in [-0.2, -0.15) is 0 Å². The molecule has 0 aliphatic rings. The van der Waals surface area contributed by atoms with Gasteiger partial charge in [-0.05, 0) is 31.0 Å². The second kappa shape index (κ2) is 12.4. The zero-order valence-electron chi connectivity index (χ0n) is 16.7. The summed E-state index contributed by atoms with van der Waals surface area (Å²) in [6.45, 7) is 1.95. The third-order valence-electron chi connectivity index (χ3n) is 3.62. The minimum atomic E-state index is -0.573. The van der Waals surface area contributed by atoms with E-state index in [1.807, 2.05) is 0 Å². The van der Waals surface area contributed by atoms with Gasteiger partial charge in [-0.25, -0.2) is 0 Å². The first-order valence-electron chi connectivity index (χ1n) is 8.81. The standard InChI is InChI=1S/C19H27NO8/c1-5-27-17(22)7-6-8-20-16(21)12-28-18(23)11-13-9-14(24-2)19(26-4)15(10-13)25-3/h9-10H,5-8,11-12H2,1-4H3,(H,20,21). The predicted octanol–water partition coefficient (Wildman–Crippen LogP) is 1.26. The second-order valence-electron chi connectivity index (χ2n) is 5.63. The van der Waals surface area contributed by atoms with E-state index in [0.29, 0.717) is 42.4 Å². The monoisotopic (exact) mass is 397 g/mol. The lowest BCUT2D eigenvalue weighted by Gasteiger charge is -2.14. The summed E-state index contributed by atoms with van der Waals surface area (Å²) in [6, 6.07) is 3.27. The van der Waals surface area contributed by atoms with E-state index in [2.05, 4.69) is 5.32 Å². The molecule has 1 amide bonds. The Balaban J connectivity index is 2.44. The van der Waals surface area contributed by atoms with E-state index < -0.39 is 18.5 Å². The zero-order chi connectivity index (χ0) is 20.9. The predicted molar refractivity (Wildman–Crippen MR) is 99.6 cm³/mol. The minimum Gasteiger partial charge on any atom is -0.493 e. The maximum Gasteiger partial charge on any atom is 0.310 e. The van der Waals surface area contributed by atoms with Gasteiger partial charge in [0.15, 0.2) is 18.1 Å². The van der Waals surface area contributed by atoms with Crippen LogP contribution in [0.4, 0.5) is 0 Å². The molecule has 0 spiro atoms. The highest BCUT2D eigenvalue weighted by atomic mass is 16.5. The van der Waals surface area contributed by atoms with E-state index in [9.17, 15) is 14.4 Å². The van der Waals surface area contributed by atoms with Gasteiger partial charge in [0.1, 0.15) is 0 Å². The summed E-state index contributed by atoms with van der Waals surface area (Å²) in [5, 5.41) is 2.57. The Morgan fingerprint density at radius 2 is 1.57 bits per heavy atom. The van der Waals surface area contributed by atoms with Crippen LogP contribution in [0, 0.1) is 0 Å². The molecule has 0 aliphatic carbocycles. The van der Waals surface area contributed by atoms with Crippen LogP contribution in [0.5, 0.6) is 17.2 Å². The van der Waals surface area contributed by atoms with E-state index in [0.717, 1.165) is 0 Å². The second-order valence-corrected chi connectivity index (χ2v) is 5.63. The summed E-state index contributed by atoms with van der Waals surface area (Å²) in [4.78, 5) is 34.9. The third kappa shape index (κ3) is 7.73. The Morgan fingerprint density at radius 3 is 2.11 bits per heavy atom. The van der Waals surface area contributed by atoms with Gasteiger partial charge < -0.3 is 29.0 Å². The van der Waals surface area contributed by atoms with Crippen molar-refractivity contribution >= 4 is 17.8 Å². The Labute approximate surface area is 164 Å². The fourth-order valence-electron chi connectivity index (χ4n) is 2.35. The molecule has 1 aromatic rings. The first-order valence-corrected chi connectivity index (χ1v) is 8.81. The maximum atomic E-state index is 12.0. The summed E-state index contributed by atoms with van der Waals surface area (Å²) in [7, 11) is 4.44. The van der Waals surface area contributed by atoms with Crippen molar-refractivity contribution in [1.29, 1.82) is 0 Å². The summed E-state index contributed by atoms with van der Waals surface area (Å²) < 4.78 is 25.4. The fourth-order valence-corrected chi connectivity index (χ4v) is 2.35. The number of benzene rings is 1. The number of hydrogen-bond acceptors (Lipinski definition) is 8. The van der Waals surface area contributed by atoms with Crippen molar-refractivity contribution in [2.24, 2.45) is 0 Å². The van der Waals surface area contributed by atoms with Crippen LogP contribution in [0.15, 0.2) is 12.1 Å². The Morgan fingerprint density at radius 1 is 0.929 bits per heavy atom. The number of rotatable bonds is 12. The van der Waals surface area contributed by atoms with Gasteiger partial charge >= 0.3 is 11.9 Å². The molecule has 0 fully saturated rings. The van der Waals surface area contributed by atoms with E-state index >= 15 is 0 Å². The molecule has 0 heterocycles. The first-order chi connectivity index (χ1) is 13.4. The van der Waals surface area contributed by atoms with Crippen LogP contribution in [0.25, 0.3) is 0 Å². The highest BCUT2D eigenvalue weighted by molar-refractivity contribution is 5.81. The van der Waals surface area contributed by atoms with E-state index in [1.54, 1.807) is 19.1 Å². The molecule has 0 saturated carbocycles. The zero-order valence-corrected chi connectivity index (χ0v) is 16.7. The summed E-state index contributed by atoms with van der Waals surface area (Å²) in [6.07, 6.45) is 0.603. The molecule has 9 heteroatoms. The van der Waals surface area contributed by atoms with Crippen molar-refractivity contribution in [3.05, 3.63) is 17.7 Å². The van der Waals surface area contributed by atoms with Crippen molar-refractivity contribution in [3.8, 4) is 17.2 Å². The highest BCUT2D eigenvalue weighted by Crippen LogP contribution is 2.38. The molecule has 1 rings (SSSR count). The molecule has 1 N–H and O–H groups in total. The van der Waals surface area contributed by atoms with Gasteiger partial charge in [-0.3, -0.25) is 14.4 Å². The highest BCUT2D eigenvalue weighted by Gasteiger charge is 2.16. The smallest absolute Gasteiger partial charge is 0.310 e. The van der Waals surface area contributed by atoms with Crippen LogP contribution in [-0.4, -0.2) is 58.9 Å². The summed E-state index contributed by atoms with van der Waals surface area (Å²) >= 11 is 0. The summed E-state index contributed by atoms with van der Waals surface area (Å²) in [5.41, 5.74) is 0.592. The number of ether oxygens (including phenoxy) is 5. The molecule has 0 unspecified atom stereocenters. The Hall–Kier alpha value is -2.97. The molecule has 28 heavy (non-hydrogen) atoms. The van der Waals surface area contributed by atoms with Crippen molar-refractivity contribution in [1.82, 2.24) is 5.32 Å².